The maximum Gasteiger partial charge on any atom is 0.130 e. The van der Waals surface area contributed by atoms with Gasteiger partial charge in [0.15, 0.2) is 0 Å². The smallest absolute Gasteiger partial charge is 0.130 e. The van der Waals surface area contributed by atoms with Gasteiger partial charge >= 0.3 is 0 Å². The Morgan fingerprint density at radius 2 is 1.95 bits per heavy atom. The van der Waals surface area contributed by atoms with Crippen LogP contribution in [-0.2, 0) is 13.5 Å². The van der Waals surface area contributed by atoms with Crippen LogP contribution in [0.15, 0.2) is 0 Å². The number of hydrogen-bond donors (Lipinski definition) is 1. The van der Waals surface area contributed by atoms with Gasteiger partial charge in [-0.2, -0.15) is 5.10 Å². The zero-order valence-electron chi connectivity index (χ0n) is 12.4. The van der Waals surface area contributed by atoms with Crippen molar-refractivity contribution in [3.05, 3.63) is 16.4 Å². The van der Waals surface area contributed by atoms with Crippen LogP contribution < -0.4 is 5.73 Å². The third-order valence-corrected chi connectivity index (χ3v) is 5.00. The van der Waals surface area contributed by atoms with Gasteiger partial charge < -0.3 is 5.73 Å². The molecule has 1 fully saturated rings. The molecule has 0 bridgehead atoms. The number of nitrogens with two attached hydrogens (primary N) is 1. The van der Waals surface area contributed by atoms with Crippen molar-refractivity contribution in [2.45, 2.75) is 51.6 Å². The van der Waals surface area contributed by atoms with Crippen molar-refractivity contribution in [2.24, 2.45) is 12.8 Å². The quantitative estimate of drug-likeness (QED) is 0.921. The van der Waals surface area contributed by atoms with Crippen molar-refractivity contribution >= 4 is 11.6 Å². The first-order valence-corrected chi connectivity index (χ1v) is 7.40. The fraction of sp³-hybridized carbons (Fsp3) is 0.786. The second-order valence-electron chi connectivity index (χ2n) is 6.14. The summed E-state index contributed by atoms with van der Waals surface area (Å²) in [5, 5.41) is 5.07. The van der Waals surface area contributed by atoms with E-state index in [0.29, 0.717) is 5.15 Å². The average molecular weight is 285 g/mol. The predicted octanol–water partition coefficient (Wildman–Crippen LogP) is 2.13. The lowest BCUT2D eigenvalue weighted by molar-refractivity contribution is 0.123. The van der Waals surface area contributed by atoms with E-state index >= 15 is 0 Å². The molecule has 1 saturated heterocycles. The van der Waals surface area contributed by atoms with Crippen molar-refractivity contribution in [2.75, 3.05) is 13.1 Å². The second kappa shape index (κ2) is 5.43. The summed E-state index contributed by atoms with van der Waals surface area (Å²) in [6, 6.07) is 0.0611. The summed E-state index contributed by atoms with van der Waals surface area (Å²) >= 11 is 6.30. The molecule has 19 heavy (non-hydrogen) atoms. The van der Waals surface area contributed by atoms with Crippen LogP contribution in [0.3, 0.4) is 0 Å². The molecule has 4 nitrogen and oxygen atoms in total. The second-order valence-corrected chi connectivity index (χ2v) is 6.49. The summed E-state index contributed by atoms with van der Waals surface area (Å²) in [6.07, 6.45) is 3.34. The first kappa shape index (κ1) is 14.8. The lowest BCUT2D eigenvalue weighted by Crippen LogP contribution is -2.56. The first-order chi connectivity index (χ1) is 8.84. The number of hydrogen-bond acceptors (Lipinski definition) is 3. The molecule has 0 radical (unpaired) electrons. The molecule has 2 N–H and O–H groups in total. The predicted molar refractivity (Wildman–Crippen MR) is 79.5 cm³/mol. The highest BCUT2D eigenvalue weighted by molar-refractivity contribution is 6.30. The van der Waals surface area contributed by atoms with E-state index in [-0.39, 0.29) is 11.6 Å². The van der Waals surface area contributed by atoms with Gasteiger partial charge in [-0.15, -0.1) is 0 Å². The van der Waals surface area contributed by atoms with Crippen LogP contribution in [-0.4, -0.2) is 39.4 Å². The van der Waals surface area contributed by atoms with E-state index in [2.05, 4.69) is 23.8 Å². The maximum absolute atomic E-state index is 6.47. The molecule has 1 unspecified atom stereocenters. The molecule has 0 aromatic carbocycles. The Balaban J connectivity index is 2.13. The fourth-order valence-electron chi connectivity index (χ4n) is 2.90. The molecule has 1 aliphatic heterocycles. The molecule has 0 saturated carbocycles. The van der Waals surface area contributed by atoms with Crippen LogP contribution >= 0.6 is 11.6 Å². The van der Waals surface area contributed by atoms with Crippen molar-refractivity contribution in [1.29, 1.82) is 0 Å². The average Bonchev–Trinajstić information content (AvgIpc) is 2.94. The fourth-order valence-corrected chi connectivity index (χ4v) is 3.16. The van der Waals surface area contributed by atoms with Crippen LogP contribution in [0.5, 0.6) is 0 Å². The highest BCUT2D eigenvalue weighted by Gasteiger charge is 2.35. The van der Waals surface area contributed by atoms with Gasteiger partial charge in [0, 0.05) is 24.2 Å². The van der Waals surface area contributed by atoms with Crippen molar-refractivity contribution < 1.29 is 0 Å². The minimum atomic E-state index is 0.00209. The van der Waals surface area contributed by atoms with E-state index < -0.39 is 0 Å². The Morgan fingerprint density at radius 1 is 1.37 bits per heavy atom. The molecule has 5 heteroatoms. The summed E-state index contributed by atoms with van der Waals surface area (Å²) in [4.78, 5) is 2.50. The lowest BCUT2D eigenvalue weighted by Gasteiger charge is -2.40. The Kier molecular flexibility index (Phi) is 4.23. The van der Waals surface area contributed by atoms with Gasteiger partial charge in [-0.25, -0.2) is 0 Å². The molecule has 0 aliphatic carbocycles. The SMILES string of the molecule is Cc1nn(C)c(Cl)c1CC(N)C(C)(C)N1CCCC1. The maximum atomic E-state index is 6.47. The van der Waals surface area contributed by atoms with E-state index in [9.17, 15) is 0 Å². The molecule has 1 aromatic heterocycles. The highest BCUT2D eigenvalue weighted by atomic mass is 35.5. The summed E-state index contributed by atoms with van der Waals surface area (Å²) in [5.41, 5.74) is 8.55. The number of nitrogens with zero attached hydrogens (tertiary/aromatic N) is 3. The summed E-state index contributed by atoms with van der Waals surface area (Å²) in [5.74, 6) is 0. The minimum Gasteiger partial charge on any atom is -0.326 e. The molecule has 2 rings (SSSR count). The Morgan fingerprint density at radius 3 is 2.42 bits per heavy atom. The van der Waals surface area contributed by atoms with Gasteiger partial charge in [0.25, 0.3) is 0 Å². The zero-order valence-corrected chi connectivity index (χ0v) is 13.2. The Hall–Kier alpha value is -0.580. The first-order valence-electron chi connectivity index (χ1n) is 7.02. The molecular weight excluding hydrogens is 260 g/mol. The lowest BCUT2D eigenvalue weighted by atomic mass is 9.88. The number of aromatic nitrogens is 2. The molecule has 1 aliphatic rings. The van der Waals surface area contributed by atoms with Crippen LogP contribution in [0.1, 0.15) is 37.9 Å². The number of likely N-dealkylation sites (tertiary alicyclic amines) is 1. The van der Waals surface area contributed by atoms with Gasteiger partial charge in [-0.05, 0) is 53.1 Å². The van der Waals surface area contributed by atoms with Crippen LogP contribution in [0.2, 0.25) is 5.15 Å². The third-order valence-electron chi connectivity index (χ3n) is 4.52. The van der Waals surface area contributed by atoms with Crippen molar-refractivity contribution in [1.82, 2.24) is 14.7 Å². The monoisotopic (exact) mass is 284 g/mol. The van der Waals surface area contributed by atoms with Gasteiger partial charge in [-0.1, -0.05) is 11.6 Å². The van der Waals surface area contributed by atoms with E-state index in [4.69, 9.17) is 17.3 Å². The van der Waals surface area contributed by atoms with Crippen molar-refractivity contribution in [3.63, 3.8) is 0 Å². The van der Waals surface area contributed by atoms with E-state index in [1.54, 1.807) is 4.68 Å². The number of rotatable bonds is 4. The van der Waals surface area contributed by atoms with Crippen molar-refractivity contribution in [3.8, 4) is 0 Å². The van der Waals surface area contributed by atoms with Crippen LogP contribution in [0, 0.1) is 6.92 Å². The Bertz CT molecular complexity index is 447. The van der Waals surface area contributed by atoms with E-state index in [1.165, 1.54) is 12.8 Å². The number of halogens is 1. The summed E-state index contributed by atoms with van der Waals surface area (Å²) in [6.45, 7) is 8.78. The topological polar surface area (TPSA) is 47.1 Å². The third kappa shape index (κ3) is 2.81. The van der Waals surface area contributed by atoms with E-state index in [1.807, 2.05) is 14.0 Å². The largest absolute Gasteiger partial charge is 0.326 e. The summed E-state index contributed by atoms with van der Waals surface area (Å²) in [7, 11) is 1.87. The molecule has 2 heterocycles. The zero-order chi connectivity index (χ0) is 14.2. The number of aryl methyl sites for hydroxylation is 2. The normalized spacial score (nSPS) is 19.1. The minimum absolute atomic E-state index is 0.00209. The van der Waals surface area contributed by atoms with Crippen LogP contribution in [0.25, 0.3) is 0 Å². The molecule has 0 amide bonds. The van der Waals surface area contributed by atoms with Gasteiger partial charge in [-0.3, -0.25) is 9.58 Å². The van der Waals surface area contributed by atoms with Gasteiger partial charge in [0.1, 0.15) is 5.15 Å². The molecule has 0 spiro atoms. The molecule has 1 aromatic rings. The van der Waals surface area contributed by atoms with Gasteiger partial charge in [0.2, 0.25) is 0 Å². The molecule has 1 atom stereocenters. The highest BCUT2D eigenvalue weighted by Crippen LogP contribution is 2.28. The van der Waals surface area contributed by atoms with E-state index in [0.717, 1.165) is 30.8 Å². The molecular formula is C14H25ClN4. The standard InChI is InChI=1S/C14H25ClN4/c1-10-11(13(15)18(4)17-10)9-12(16)14(2,3)19-7-5-6-8-19/h12H,5-9,16H2,1-4H3. The van der Waals surface area contributed by atoms with Crippen LogP contribution in [0.4, 0.5) is 0 Å². The summed E-state index contributed by atoms with van der Waals surface area (Å²) < 4.78 is 1.72. The molecule has 108 valence electrons. The Labute approximate surface area is 120 Å². The van der Waals surface area contributed by atoms with Gasteiger partial charge in [0.05, 0.1) is 5.69 Å².